The summed E-state index contributed by atoms with van der Waals surface area (Å²) in [5, 5.41) is 0. The molecular formula is C19H21N5O2. The normalized spacial score (nSPS) is 14.8. The second kappa shape index (κ2) is 7.03. The van der Waals surface area contributed by atoms with Gasteiger partial charge in [-0.25, -0.2) is 4.98 Å². The van der Waals surface area contributed by atoms with Crippen molar-refractivity contribution in [2.75, 3.05) is 26.2 Å². The van der Waals surface area contributed by atoms with Gasteiger partial charge in [0.2, 0.25) is 11.8 Å². The highest BCUT2D eigenvalue weighted by molar-refractivity contribution is 5.82. The minimum absolute atomic E-state index is 0.0975. The first-order chi connectivity index (χ1) is 12.7. The lowest BCUT2D eigenvalue weighted by Crippen LogP contribution is -2.51. The van der Waals surface area contributed by atoms with Gasteiger partial charge in [0.1, 0.15) is 0 Å². The van der Waals surface area contributed by atoms with Crippen molar-refractivity contribution in [2.45, 2.75) is 12.8 Å². The smallest absolute Gasteiger partial charge is 0.228 e. The van der Waals surface area contributed by atoms with Gasteiger partial charge in [-0.1, -0.05) is 6.07 Å². The van der Waals surface area contributed by atoms with Gasteiger partial charge in [-0.2, -0.15) is 0 Å². The Morgan fingerprint density at radius 2 is 1.69 bits per heavy atom. The molecule has 2 aromatic heterocycles. The minimum atomic E-state index is 0.0975. The van der Waals surface area contributed by atoms with Gasteiger partial charge in [0.05, 0.1) is 30.2 Å². The summed E-state index contributed by atoms with van der Waals surface area (Å²) < 4.78 is 0. The average Bonchev–Trinajstić information content (AvgIpc) is 3.33. The van der Waals surface area contributed by atoms with E-state index in [4.69, 9.17) is 0 Å². The molecule has 0 saturated carbocycles. The first kappa shape index (κ1) is 16.4. The molecule has 0 atom stereocenters. The number of nitrogens with one attached hydrogen (secondary N) is 2. The van der Waals surface area contributed by atoms with Crippen LogP contribution in [0, 0.1) is 0 Å². The third kappa shape index (κ3) is 3.46. The van der Waals surface area contributed by atoms with E-state index in [-0.39, 0.29) is 11.8 Å². The van der Waals surface area contributed by atoms with Crippen molar-refractivity contribution in [3.63, 3.8) is 0 Å². The summed E-state index contributed by atoms with van der Waals surface area (Å²) in [6.07, 6.45) is 4.22. The lowest BCUT2D eigenvalue weighted by molar-refractivity contribution is -0.138. The van der Waals surface area contributed by atoms with E-state index in [0.29, 0.717) is 39.0 Å². The number of rotatable bonds is 4. The van der Waals surface area contributed by atoms with Crippen LogP contribution in [-0.4, -0.2) is 62.7 Å². The Hall–Kier alpha value is -3.09. The van der Waals surface area contributed by atoms with Crippen LogP contribution in [0.25, 0.3) is 11.0 Å². The van der Waals surface area contributed by atoms with Gasteiger partial charge in [0.15, 0.2) is 0 Å². The topological polar surface area (TPSA) is 85.1 Å². The van der Waals surface area contributed by atoms with E-state index in [2.05, 4.69) is 15.0 Å². The van der Waals surface area contributed by atoms with Crippen LogP contribution in [-0.2, 0) is 22.4 Å². The van der Waals surface area contributed by atoms with E-state index in [1.165, 1.54) is 0 Å². The molecule has 0 unspecified atom stereocenters. The molecule has 0 radical (unpaired) electrons. The second-order valence-electron chi connectivity index (χ2n) is 6.56. The predicted molar refractivity (Wildman–Crippen MR) is 97.5 cm³/mol. The predicted octanol–water partition coefficient (Wildman–Crippen LogP) is 1.35. The Labute approximate surface area is 151 Å². The fourth-order valence-electron chi connectivity index (χ4n) is 3.34. The monoisotopic (exact) mass is 351 g/mol. The molecular weight excluding hydrogens is 330 g/mol. The third-order valence-electron chi connectivity index (χ3n) is 4.83. The molecule has 1 aliphatic rings. The standard InChI is InChI=1S/C19H21N5O2/c25-18(11-14-3-4-16-17(10-14)22-13-21-16)23-6-8-24(9-7-23)19(26)12-15-2-1-5-20-15/h1-5,10,13,20H,6-9,11-12H2,(H,21,22). The molecule has 1 aromatic carbocycles. The number of H-pyrrole nitrogens is 2. The summed E-state index contributed by atoms with van der Waals surface area (Å²) in [7, 11) is 0. The van der Waals surface area contributed by atoms with Gasteiger partial charge in [-0.15, -0.1) is 0 Å². The number of hydrogen-bond acceptors (Lipinski definition) is 3. The maximum atomic E-state index is 12.6. The quantitative estimate of drug-likeness (QED) is 0.744. The van der Waals surface area contributed by atoms with Crippen LogP contribution >= 0.6 is 0 Å². The van der Waals surface area contributed by atoms with Gasteiger partial charge in [-0.3, -0.25) is 9.59 Å². The highest BCUT2D eigenvalue weighted by atomic mass is 16.2. The molecule has 134 valence electrons. The molecule has 2 amide bonds. The molecule has 0 bridgehead atoms. The molecule has 7 nitrogen and oxygen atoms in total. The molecule has 1 fully saturated rings. The number of aromatic nitrogens is 3. The van der Waals surface area contributed by atoms with Crippen molar-refractivity contribution in [1.29, 1.82) is 0 Å². The summed E-state index contributed by atoms with van der Waals surface area (Å²) in [6.45, 7) is 2.35. The second-order valence-corrected chi connectivity index (χ2v) is 6.56. The molecule has 2 N–H and O–H groups in total. The number of piperazine rings is 1. The Bertz CT molecular complexity index is 907. The first-order valence-corrected chi connectivity index (χ1v) is 8.79. The van der Waals surface area contributed by atoms with Crippen molar-refractivity contribution in [3.8, 4) is 0 Å². The van der Waals surface area contributed by atoms with Crippen LogP contribution in [0.15, 0.2) is 42.9 Å². The Morgan fingerprint density at radius 3 is 2.38 bits per heavy atom. The van der Waals surface area contributed by atoms with Crippen molar-refractivity contribution < 1.29 is 9.59 Å². The zero-order chi connectivity index (χ0) is 17.9. The van der Waals surface area contributed by atoms with Crippen molar-refractivity contribution in [3.05, 3.63) is 54.1 Å². The summed E-state index contributed by atoms with van der Waals surface area (Å²) >= 11 is 0. The van der Waals surface area contributed by atoms with Crippen LogP contribution in [0.2, 0.25) is 0 Å². The minimum Gasteiger partial charge on any atom is -0.365 e. The van der Waals surface area contributed by atoms with Gasteiger partial charge in [-0.05, 0) is 29.8 Å². The van der Waals surface area contributed by atoms with Crippen molar-refractivity contribution in [1.82, 2.24) is 24.8 Å². The number of nitrogens with zero attached hydrogens (tertiary/aromatic N) is 3. The summed E-state index contributed by atoms with van der Waals surface area (Å²) in [5.74, 6) is 0.199. The third-order valence-corrected chi connectivity index (χ3v) is 4.83. The van der Waals surface area contributed by atoms with E-state index in [0.717, 1.165) is 22.3 Å². The number of hydrogen-bond donors (Lipinski definition) is 2. The van der Waals surface area contributed by atoms with Gasteiger partial charge in [0.25, 0.3) is 0 Å². The van der Waals surface area contributed by atoms with E-state index < -0.39 is 0 Å². The van der Waals surface area contributed by atoms with E-state index in [1.807, 2.05) is 46.3 Å². The fraction of sp³-hybridized carbons (Fsp3) is 0.316. The fourth-order valence-corrected chi connectivity index (χ4v) is 3.34. The zero-order valence-electron chi connectivity index (χ0n) is 14.4. The molecule has 26 heavy (non-hydrogen) atoms. The Kier molecular flexibility index (Phi) is 4.43. The Balaban J connectivity index is 1.30. The summed E-state index contributed by atoms with van der Waals surface area (Å²) in [4.78, 5) is 38.9. The SMILES string of the molecule is O=C(Cc1ccc2nc[nH]c2c1)N1CCN(C(=O)Cc2ccc[nH]2)CC1. The van der Waals surface area contributed by atoms with Crippen molar-refractivity contribution in [2.24, 2.45) is 0 Å². The molecule has 0 aliphatic carbocycles. The highest BCUT2D eigenvalue weighted by Crippen LogP contribution is 2.14. The molecule has 3 heterocycles. The van der Waals surface area contributed by atoms with Crippen LogP contribution < -0.4 is 0 Å². The van der Waals surface area contributed by atoms with E-state index in [9.17, 15) is 9.59 Å². The number of benzene rings is 1. The number of aromatic amines is 2. The van der Waals surface area contributed by atoms with E-state index >= 15 is 0 Å². The number of amides is 2. The zero-order valence-corrected chi connectivity index (χ0v) is 14.4. The number of fused-ring (bicyclic) bond motifs is 1. The first-order valence-electron chi connectivity index (χ1n) is 8.79. The molecule has 1 saturated heterocycles. The lowest BCUT2D eigenvalue weighted by atomic mass is 10.1. The summed E-state index contributed by atoms with van der Waals surface area (Å²) in [6, 6.07) is 9.63. The van der Waals surface area contributed by atoms with Gasteiger partial charge in [0, 0.05) is 38.1 Å². The molecule has 4 rings (SSSR count). The average molecular weight is 351 g/mol. The lowest BCUT2D eigenvalue weighted by Gasteiger charge is -2.35. The van der Waals surface area contributed by atoms with Crippen LogP contribution in [0.4, 0.5) is 0 Å². The van der Waals surface area contributed by atoms with Crippen LogP contribution in [0.3, 0.4) is 0 Å². The Morgan fingerprint density at radius 1 is 0.962 bits per heavy atom. The maximum Gasteiger partial charge on any atom is 0.228 e. The largest absolute Gasteiger partial charge is 0.365 e. The molecule has 0 spiro atoms. The number of carbonyl (C=O) groups excluding carboxylic acids is 2. The van der Waals surface area contributed by atoms with Crippen LogP contribution in [0.5, 0.6) is 0 Å². The van der Waals surface area contributed by atoms with Gasteiger partial charge < -0.3 is 19.8 Å². The maximum absolute atomic E-state index is 12.6. The molecule has 7 heteroatoms. The number of carbonyl (C=O) groups is 2. The number of imidazole rings is 1. The van der Waals surface area contributed by atoms with Crippen molar-refractivity contribution >= 4 is 22.8 Å². The van der Waals surface area contributed by atoms with E-state index in [1.54, 1.807) is 6.33 Å². The highest BCUT2D eigenvalue weighted by Gasteiger charge is 2.24. The summed E-state index contributed by atoms with van der Waals surface area (Å²) in [5.41, 5.74) is 3.73. The van der Waals surface area contributed by atoms with Crippen LogP contribution in [0.1, 0.15) is 11.3 Å². The van der Waals surface area contributed by atoms with Gasteiger partial charge >= 0.3 is 0 Å². The molecule has 1 aliphatic heterocycles. The molecule has 3 aromatic rings.